The summed E-state index contributed by atoms with van der Waals surface area (Å²) in [5, 5.41) is 3.25. The minimum Gasteiger partial charge on any atom is -0.355 e. The molecule has 2 aliphatic heterocycles. The van der Waals surface area contributed by atoms with Crippen LogP contribution in [-0.4, -0.2) is 61.4 Å². The molecule has 5 heteroatoms. The van der Waals surface area contributed by atoms with Crippen LogP contribution in [0.25, 0.3) is 0 Å². The summed E-state index contributed by atoms with van der Waals surface area (Å²) in [6, 6.07) is 10.6. The van der Waals surface area contributed by atoms with Gasteiger partial charge in [0.1, 0.15) is 0 Å². The molecule has 27 heavy (non-hydrogen) atoms. The molecule has 0 spiro atoms. The first-order valence-electron chi connectivity index (χ1n) is 9.97. The SMILES string of the molecule is C=CC(=O)N1CCC(C(=O)NCC2(c3ccccc3)CCN(C)CC2)CC1. The van der Waals surface area contributed by atoms with Crippen molar-refractivity contribution in [2.24, 2.45) is 5.92 Å². The Hall–Kier alpha value is -2.14. The lowest BCUT2D eigenvalue weighted by Gasteiger charge is -2.41. The standard InChI is InChI=1S/C22H31N3O2/c1-3-20(26)25-13-9-18(10-14-25)21(27)23-17-22(11-15-24(2)16-12-22)19-7-5-4-6-8-19/h3-8,18H,1,9-17H2,2H3,(H,23,27). The van der Waals surface area contributed by atoms with E-state index < -0.39 is 0 Å². The van der Waals surface area contributed by atoms with Gasteiger partial charge in [-0.3, -0.25) is 9.59 Å². The highest BCUT2D eigenvalue weighted by atomic mass is 16.2. The molecule has 0 unspecified atom stereocenters. The number of rotatable bonds is 5. The zero-order valence-electron chi connectivity index (χ0n) is 16.3. The van der Waals surface area contributed by atoms with Crippen LogP contribution in [0.4, 0.5) is 0 Å². The van der Waals surface area contributed by atoms with Crippen LogP contribution in [-0.2, 0) is 15.0 Å². The maximum Gasteiger partial charge on any atom is 0.245 e. The molecule has 0 saturated carbocycles. The minimum atomic E-state index is -0.0387. The molecule has 2 aliphatic rings. The molecule has 2 saturated heterocycles. The molecule has 0 radical (unpaired) electrons. The highest BCUT2D eigenvalue weighted by Gasteiger charge is 2.36. The number of piperidine rings is 2. The van der Waals surface area contributed by atoms with Crippen LogP contribution in [0, 0.1) is 5.92 Å². The molecule has 2 heterocycles. The van der Waals surface area contributed by atoms with Crippen molar-refractivity contribution in [1.82, 2.24) is 15.1 Å². The van der Waals surface area contributed by atoms with E-state index in [1.54, 1.807) is 4.90 Å². The van der Waals surface area contributed by atoms with E-state index >= 15 is 0 Å². The zero-order chi connectivity index (χ0) is 19.3. The smallest absolute Gasteiger partial charge is 0.245 e. The molecule has 5 nitrogen and oxygen atoms in total. The van der Waals surface area contributed by atoms with Crippen LogP contribution in [0.1, 0.15) is 31.2 Å². The highest BCUT2D eigenvalue weighted by molar-refractivity contribution is 5.87. The molecule has 2 amide bonds. The second-order valence-corrected chi connectivity index (χ2v) is 7.97. The molecule has 0 atom stereocenters. The van der Waals surface area contributed by atoms with Gasteiger partial charge in [-0.25, -0.2) is 0 Å². The molecule has 3 rings (SSSR count). The van der Waals surface area contributed by atoms with Crippen LogP contribution in [0.15, 0.2) is 43.0 Å². The lowest BCUT2D eigenvalue weighted by Crippen LogP contribution is -2.50. The molecule has 1 aromatic carbocycles. The average molecular weight is 370 g/mol. The second kappa shape index (κ2) is 8.70. The number of carbonyl (C=O) groups excluding carboxylic acids is 2. The van der Waals surface area contributed by atoms with Crippen molar-refractivity contribution in [3.05, 3.63) is 48.6 Å². The number of amides is 2. The first-order chi connectivity index (χ1) is 13.0. The van der Waals surface area contributed by atoms with E-state index in [2.05, 4.69) is 48.1 Å². The van der Waals surface area contributed by atoms with Gasteiger partial charge >= 0.3 is 0 Å². The third-order valence-corrected chi connectivity index (χ3v) is 6.28. The predicted molar refractivity (Wildman–Crippen MR) is 107 cm³/mol. The number of likely N-dealkylation sites (tertiary alicyclic amines) is 2. The van der Waals surface area contributed by atoms with E-state index in [4.69, 9.17) is 0 Å². The Morgan fingerprint density at radius 3 is 2.37 bits per heavy atom. The summed E-state index contributed by atoms with van der Waals surface area (Å²) in [5.74, 6) is 0.0936. The van der Waals surface area contributed by atoms with Crippen molar-refractivity contribution in [2.75, 3.05) is 39.8 Å². The highest BCUT2D eigenvalue weighted by Crippen LogP contribution is 2.34. The summed E-state index contributed by atoms with van der Waals surface area (Å²) in [5.41, 5.74) is 1.34. The van der Waals surface area contributed by atoms with Crippen molar-refractivity contribution < 1.29 is 9.59 Å². The summed E-state index contributed by atoms with van der Waals surface area (Å²) in [7, 11) is 2.16. The molecule has 0 aliphatic carbocycles. The van der Waals surface area contributed by atoms with Gasteiger partial charge in [0.05, 0.1) is 0 Å². The summed E-state index contributed by atoms with van der Waals surface area (Å²) in [6.45, 7) is 7.60. The van der Waals surface area contributed by atoms with Gasteiger partial charge in [0.2, 0.25) is 11.8 Å². The monoisotopic (exact) mass is 369 g/mol. The number of nitrogens with zero attached hydrogens (tertiary/aromatic N) is 2. The summed E-state index contributed by atoms with van der Waals surface area (Å²) in [4.78, 5) is 28.6. The largest absolute Gasteiger partial charge is 0.355 e. The van der Waals surface area contributed by atoms with Gasteiger partial charge in [-0.2, -0.15) is 0 Å². The molecule has 2 fully saturated rings. The topological polar surface area (TPSA) is 52.7 Å². The Bertz CT molecular complexity index is 657. The fourth-order valence-electron chi connectivity index (χ4n) is 4.30. The fraction of sp³-hybridized carbons (Fsp3) is 0.545. The maximum absolute atomic E-state index is 12.8. The zero-order valence-corrected chi connectivity index (χ0v) is 16.3. The van der Waals surface area contributed by atoms with Crippen LogP contribution < -0.4 is 5.32 Å². The normalized spacial score (nSPS) is 20.9. The third kappa shape index (κ3) is 4.59. The van der Waals surface area contributed by atoms with Crippen LogP contribution in [0.5, 0.6) is 0 Å². The second-order valence-electron chi connectivity index (χ2n) is 7.97. The predicted octanol–water partition coefficient (Wildman–Crippen LogP) is 2.19. The Labute approximate surface area is 162 Å². The molecule has 1 aromatic rings. The van der Waals surface area contributed by atoms with E-state index in [1.165, 1.54) is 11.6 Å². The summed E-state index contributed by atoms with van der Waals surface area (Å²) < 4.78 is 0. The lowest BCUT2D eigenvalue weighted by molar-refractivity contribution is -0.132. The van der Waals surface area contributed by atoms with Gasteiger partial charge in [-0.05, 0) is 57.5 Å². The van der Waals surface area contributed by atoms with E-state index in [9.17, 15) is 9.59 Å². The minimum absolute atomic E-state index is 0.00190. The Kier molecular flexibility index (Phi) is 6.32. The van der Waals surface area contributed by atoms with E-state index in [0.29, 0.717) is 19.6 Å². The first-order valence-corrected chi connectivity index (χ1v) is 9.97. The molecule has 0 bridgehead atoms. The van der Waals surface area contributed by atoms with Crippen molar-refractivity contribution in [3.8, 4) is 0 Å². The Morgan fingerprint density at radius 2 is 1.78 bits per heavy atom. The van der Waals surface area contributed by atoms with Crippen LogP contribution in [0.2, 0.25) is 0 Å². The number of carbonyl (C=O) groups is 2. The average Bonchev–Trinajstić information content (AvgIpc) is 2.73. The van der Waals surface area contributed by atoms with E-state index in [0.717, 1.165) is 38.8 Å². The Morgan fingerprint density at radius 1 is 1.15 bits per heavy atom. The number of hydrogen-bond donors (Lipinski definition) is 1. The molecular weight excluding hydrogens is 338 g/mol. The molecule has 0 aromatic heterocycles. The number of benzene rings is 1. The van der Waals surface area contributed by atoms with Gasteiger partial charge in [0.15, 0.2) is 0 Å². The van der Waals surface area contributed by atoms with Crippen LogP contribution >= 0.6 is 0 Å². The van der Waals surface area contributed by atoms with Gasteiger partial charge in [0.25, 0.3) is 0 Å². The molecular formula is C22H31N3O2. The van der Waals surface area contributed by atoms with Gasteiger partial charge in [-0.15, -0.1) is 0 Å². The third-order valence-electron chi connectivity index (χ3n) is 6.28. The lowest BCUT2D eigenvalue weighted by atomic mass is 9.72. The number of hydrogen-bond acceptors (Lipinski definition) is 3. The van der Waals surface area contributed by atoms with Crippen molar-refractivity contribution in [1.29, 1.82) is 0 Å². The van der Waals surface area contributed by atoms with Crippen molar-refractivity contribution in [3.63, 3.8) is 0 Å². The summed E-state index contributed by atoms with van der Waals surface area (Å²) >= 11 is 0. The van der Waals surface area contributed by atoms with E-state index in [1.807, 2.05) is 6.07 Å². The van der Waals surface area contributed by atoms with Crippen molar-refractivity contribution >= 4 is 11.8 Å². The maximum atomic E-state index is 12.8. The fourth-order valence-corrected chi connectivity index (χ4v) is 4.30. The summed E-state index contributed by atoms with van der Waals surface area (Å²) in [6.07, 6.45) is 4.92. The van der Waals surface area contributed by atoms with Gasteiger partial charge < -0.3 is 15.1 Å². The number of nitrogens with one attached hydrogen (secondary N) is 1. The first kappa shape index (κ1) is 19.6. The van der Waals surface area contributed by atoms with E-state index in [-0.39, 0.29) is 23.1 Å². The Balaban J connectivity index is 1.60. The molecule has 1 N–H and O–H groups in total. The van der Waals surface area contributed by atoms with Gasteiger partial charge in [-0.1, -0.05) is 36.9 Å². The quantitative estimate of drug-likeness (QED) is 0.810. The van der Waals surface area contributed by atoms with Crippen LogP contribution in [0.3, 0.4) is 0 Å². The molecule has 146 valence electrons. The van der Waals surface area contributed by atoms with Crippen molar-refractivity contribution in [2.45, 2.75) is 31.1 Å². The van der Waals surface area contributed by atoms with Gasteiger partial charge in [0, 0.05) is 31.0 Å².